The first-order valence-corrected chi connectivity index (χ1v) is 9.85. The molecule has 1 aliphatic rings. The number of carbonyl (C=O) groups is 2. The van der Waals surface area contributed by atoms with Gasteiger partial charge in [0.15, 0.2) is 5.69 Å². The zero-order valence-electron chi connectivity index (χ0n) is 15.5. The van der Waals surface area contributed by atoms with Crippen molar-refractivity contribution < 1.29 is 9.59 Å². The van der Waals surface area contributed by atoms with Crippen molar-refractivity contribution in [1.29, 1.82) is 0 Å². The highest BCUT2D eigenvalue weighted by Gasteiger charge is 2.27. The first-order valence-electron chi connectivity index (χ1n) is 9.06. The zero-order chi connectivity index (χ0) is 19.4. The Morgan fingerprint density at radius 2 is 1.85 bits per heavy atom. The Morgan fingerprint density at radius 1 is 1.19 bits per heavy atom. The lowest BCUT2D eigenvalue weighted by Gasteiger charge is -2.34. The topological polar surface area (TPSA) is 81.3 Å². The van der Waals surface area contributed by atoms with Gasteiger partial charge in [0.25, 0.3) is 5.91 Å². The molecule has 3 rings (SSSR count). The molecule has 1 aliphatic heterocycles. The van der Waals surface area contributed by atoms with Gasteiger partial charge in [0, 0.05) is 31.9 Å². The molecule has 2 amide bonds. The number of carbonyl (C=O) groups excluding carboxylic acids is 2. The van der Waals surface area contributed by atoms with E-state index < -0.39 is 0 Å². The molecule has 0 unspecified atom stereocenters. The fraction of sp³-hybridized carbons (Fsp3) is 0.421. The molecule has 27 heavy (non-hydrogen) atoms. The van der Waals surface area contributed by atoms with Crippen LogP contribution in [0.5, 0.6) is 0 Å². The van der Waals surface area contributed by atoms with Crippen LogP contribution < -0.4 is 5.32 Å². The molecule has 2 aromatic rings. The number of piperazine rings is 1. The summed E-state index contributed by atoms with van der Waals surface area (Å²) in [4.78, 5) is 28.8. The maximum absolute atomic E-state index is 12.7. The summed E-state index contributed by atoms with van der Waals surface area (Å²) in [7, 11) is 0. The van der Waals surface area contributed by atoms with Gasteiger partial charge in [-0.25, -0.2) is 0 Å². The number of hydrogen-bond acceptors (Lipinski definition) is 4. The monoisotopic (exact) mass is 433 g/mol. The van der Waals surface area contributed by atoms with E-state index in [1.165, 1.54) is 0 Å². The van der Waals surface area contributed by atoms with Gasteiger partial charge in [0.05, 0.1) is 16.7 Å². The van der Waals surface area contributed by atoms with E-state index in [1.807, 2.05) is 44.2 Å². The maximum atomic E-state index is 12.7. The fourth-order valence-corrected chi connectivity index (χ4v) is 3.85. The first-order chi connectivity index (χ1) is 13.0. The Balaban J connectivity index is 1.51. The van der Waals surface area contributed by atoms with Crippen LogP contribution in [0, 0.1) is 0 Å². The molecule has 7 nitrogen and oxygen atoms in total. The van der Waals surface area contributed by atoms with Gasteiger partial charge in [0.2, 0.25) is 5.91 Å². The molecule has 0 spiro atoms. The highest BCUT2D eigenvalue weighted by molar-refractivity contribution is 9.10. The lowest BCUT2D eigenvalue weighted by Crippen LogP contribution is -2.50. The van der Waals surface area contributed by atoms with Gasteiger partial charge in [-0.05, 0) is 34.0 Å². The Morgan fingerprint density at radius 3 is 2.44 bits per heavy atom. The van der Waals surface area contributed by atoms with Crippen molar-refractivity contribution in [1.82, 2.24) is 20.0 Å². The Labute approximate surface area is 167 Å². The van der Waals surface area contributed by atoms with Gasteiger partial charge < -0.3 is 10.2 Å². The van der Waals surface area contributed by atoms with Crippen molar-refractivity contribution in [2.24, 2.45) is 0 Å². The van der Waals surface area contributed by atoms with Crippen molar-refractivity contribution in [2.75, 3.05) is 38.0 Å². The average Bonchev–Trinajstić information content (AvgIpc) is 3.04. The average molecular weight is 434 g/mol. The van der Waals surface area contributed by atoms with E-state index in [-0.39, 0.29) is 17.7 Å². The third-order valence-electron chi connectivity index (χ3n) is 4.60. The number of benzene rings is 1. The summed E-state index contributed by atoms with van der Waals surface area (Å²) >= 11 is 3.49. The molecule has 1 fully saturated rings. The van der Waals surface area contributed by atoms with Crippen LogP contribution >= 0.6 is 15.9 Å². The van der Waals surface area contributed by atoms with E-state index in [0.717, 1.165) is 15.9 Å². The minimum Gasteiger partial charge on any atom is -0.335 e. The van der Waals surface area contributed by atoms with Crippen LogP contribution in [-0.4, -0.2) is 64.5 Å². The maximum Gasteiger partial charge on any atom is 0.275 e. The summed E-state index contributed by atoms with van der Waals surface area (Å²) in [5.74, 6) is 0.129. The summed E-state index contributed by atoms with van der Waals surface area (Å²) in [6, 6.07) is 9.41. The highest BCUT2D eigenvalue weighted by Crippen LogP contribution is 2.26. The number of aromatic nitrogens is 2. The largest absolute Gasteiger partial charge is 0.335 e. The number of rotatable bonds is 5. The number of para-hydroxylation sites is 1. The van der Waals surface area contributed by atoms with Crippen LogP contribution in [0.1, 0.15) is 35.9 Å². The number of anilines is 1. The second kappa shape index (κ2) is 8.67. The number of halogens is 1. The Kier molecular flexibility index (Phi) is 6.28. The number of nitrogens with zero attached hydrogens (tertiary/aromatic N) is 3. The van der Waals surface area contributed by atoms with Gasteiger partial charge in [-0.15, -0.1) is 0 Å². The van der Waals surface area contributed by atoms with Gasteiger partial charge in [0.1, 0.15) is 0 Å². The van der Waals surface area contributed by atoms with E-state index in [2.05, 4.69) is 36.3 Å². The molecule has 2 heterocycles. The van der Waals surface area contributed by atoms with Crippen molar-refractivity contribution in [3.8, 4) is 0 Å². The summed E-state index contributed by atoms with van der Waals surface area (Å²) in [6.45, 7) is 6.89. The molecule has 1 saturated heterocycles. The molecule has 0 saturated carbocycles. The van der Waals surface area contributed by atoms with E-state index in [9.17, 15) is 9.59 Å². The smallest absolute Gasteiger partial charge is 0.275 e. The standard InChI is InChI=1S/C19H24BrN5O2/c1-13(2)17-16(20)18(23-22-17)19(27)25-10-8-24(9-11-25)12-15(26)21-14-6-4-3-5-7-14/h3-7,13H,8-12H2,1-2H3,(H,21,26)(H,22,23). The minimum absolute atomic E-state index is 0.0439. The molecule has 144 valence electrons. The lowest BCUT2D eigenvalue weighted by atomic mass is 10.1. The van der Waals surface area contributed by atoms with Crippen LogP contribution in [0.15, 0.2) is 34.8 Å². The van der Waals surface area contributed by atoms with Gasteiger partial charge in [-0.1, -0.05) is 32.0 Å². The van der Waals surface area contributed by atoms with Gasteiger partial charge >= 0.3 is 0 Å². The summed E-state index contributed by atoms with van der Waals surface area (Å²) in [6.07, 6.45) is 0. The summed E-state index contributed by atoms with van der Waals surface area (Å²) in [5, 5.41) is 10.0. The van der Waals surface area contributed by atoms with Crippen molar-refractivity contribution in [3.05, 3.63) is 46.2 Å². The number of H-pyrrole nitrogens is 1. The van der Waals surface area contributed by atoms with Gasteiger partial charge in [-0.2, -0.15) is 5.10 Å². The molecular formula is C19H24BrN5O2. The summed E-state index contributed by atoms with van der Waals surface area (Å²) in [5.41, 5.74) is 2.14. The second-order valence-corrected chi connectivity index (χ2v) is 7.73. The molecule has 0 bridgehead atoms. The van der Waals surface area contributed by atoms with Crippen LogP contribution in [0.4, 0.5) is 5.69 Å². The molecule has 8 heteroatoms. The second-order valence-electron chi connectivity index (χ2n) is 6.94. The minimum atomic E-state index is -0.0848. The van der Waals surface area contributed by atoms with Crippen LogP contribution in [0.3, 0.4) is 0 Å². The lowest BCUT2D eigenvalue weighted by molar-refractivity contribution is -0.117. The predicted molar refractivity (Wildman–Crippen MR) is 108 cm³/mol. The Bertz CT molecular complexity index is 798. The van der Waals surface area contributed by atoms with E-state index in [0.29, 0.717) is 38.4 Å². The highest BCUT2D eigenvalue weighted by atomic mass is 79.9. The SMILES string of the molecule is CC(C)c1[nH]nc(C(=O)N2CCN(CC(=O)Nc3ccccc3)CC2)c1Br. The van der Waals surface area contributed by atoms with Gasteiger partial charge in [-0.3, -0.25) is 19.6 Å². The Hall–Kier alpha value is -2.19. The van der Waals surface area contributed by atoms with E-state index in [1.54, 1.807) is 4.90 Å². The van der Waals surface area contributed by atoms with Crippen molar-refractivity contribution in [3.63, 3.8) is 0 Å². The normalized spacial score (nSPS) is 15.2. The van der Waals surface area contributed by atoms with Crippen LogP contribution in [0.25, 0.3) is 0 Å². The number of aromatic amines is 1. The number of amides is 2. The summed E-state index contributed by atoms with van der Waals surface area (Å²) < 4.78 is 0.743. The molecule has 0 aliphatic carbocycles. The van der Waals surface area contributed by atoms with Crippen LogP contribution in [0.2, 0.25) is 0 Å². The molecule has 0 atom stereocenters. The zero-order valence-corrected chi connectivity index (χ0v) is 17.1. The number of hydrogen-bond donors (Lipinski definition) is 2. The van der Waals surface area contributed by atoms with Crippen molar-refractivity contribution in [2.45, 2.75) is 19.8 Å². The quantitative estimate of drug-likeness (QED) is 0.759. The molecule has 1 aromatic carbocycles. The molecular weight excluding hydrogens is 410 g/mol. The van der Waals surface area contributed by atoms with E-state index >= 15 is 0 Å². The van der Waals surface area contributed by atoms with E-state index in [4.69, 9.17) is 0 Å². The third kappa shape index (κ3) is 4.75. The molecule has 0 radical (unpaired) electrons. The number of nitrogens with one attached hydrogen (secondary N) is 2. The molecule has 1 aromatic heterocycles. The first kappa shape index (κ1) is 19.6. The molecule has 2 N–H and O–H groups in total. The van der Waals surface area contributed by atoms with Crippen LogP contribution in [-0.2, 0) is 4.79 Å². The predicted octanol–water partition coefficient (Wildman–Crippen LogP) is 2.69. The third-order valence-corrected chi connectivity index (χ3v) is 5.40. The fourth-order valence-electron chi connectivity index (χ4n) is 3.05. The van der Waals surface area contributed by atoms with Crippen molar-refractivity contribution >= 4 is 33.4 Å².